The number of nitrogens with one attached hydrogen (secondary N) is 1. The number of benzene rings is 1. The highest BCUT2D eigenvalue weighted by Gasteiger charge is 2.39. The van der Waals surface area contributed by atoms with E-state index in [-0.39, 0.29) is 18.0 Å². The van der Waals surface area contributed by atoms with Crippen molar-refractivity contribution in [3.05, 3.63) is 47.2 Å². The molecule has 0 bridgehead atoms. The maximum absolute atomic E-state index is 11.7. The molecule has 2 rings (SSSR count). The van der Waals surface area contributed by atoms with Crippen LogP contribution in [0, 0.1) is 0 Å². The summed E-state index contributed by atoms with van der Waals surface area (Å²) in [5.74, 6) is -0.230. The van der Waals surface area contributed by atoms with Gasteiger partial charge in [0.05, 0.1) is 0 Å². The van der Waals surface area contributed by atoms with E-state index < -0.39 is 0 Å². The molecule has 0 unspecified atom stereocenters. The number of carbonyl (C=O) groups excluding carboxylic acids is 1. The molecule has 5 heteroatoms. The molecule has 19 heavy (non-hydrogen) atoms. The lowest BCUT2D eigenvalue weighted by Crippen LogP contribution is -2.28. The Labute approximate surface area is 112 Å². The normalized spacial score (nSPS) is 17.1. The minimum atomic E-state index is -0.230. The Morgan fingerprint density at radius 3 is 2.42 bits per heavy atom. The van der Waals surface area contributed by atoms with Gasteiger partial charge in [0.15, 0.2) is 0 Å². The highest BCUT2D eigenvalue weighted by Crippen LogP contribution is 2.42. The van der Waals surface area contributed by atoms with Crippen LogP contribution < -0.4 is 22.5 Å². The third-order valence-electron chi connectivity index (χ3n) is 3.48. The summed E-state index contributed by atoms with van der Waals surface area (Å²) in [4.78, 5) is 11.7. The molecule has 1 fully saturated rings. The van der Waals surface area contributed by atoms with Crippen LogP contribution in [-0.2, 0) is 16.9 Å². The highest BCUT2D eigenvalue weighted by molar-refractivity contribution is 5.93. The van der Waals surface area contributed by atoms with Crippen molar-refractivity contribution in [1.82, 2.24) is 5.32 Å². The SMILES string of the molecule is N/C=C(\CN)C(=O)NCc1ccc(C2(N)CC2)cc1. The zero-order valence-corrected chi connectivity index (χ0v) is 10.9. The summed E-state index contributed by atoms with van der Waals surface area (Å²) in [6.07, 6.45) is 3.33. The third-order valence-corrected chi connectivity index (χ3v) is 3.48. The average molecular weight is 260 g/mol. The second-order valence-electron chi connectivity index (χ2n) is 4.93. The molecule has 1 aromatic rings. The molecular weight excluding hydrogens is 240 g/mol. The first-order valence-electron chi connectivity index (χ1n) is 6.36. The zero-order chi connectivity index (χ0) is 13.9. The number of nitrogens with two attached hydrogens (primary N) is 3. The van der Waals surface area contributed by atoms with Gasteiger partial charge in [-0.15, -0.1) is 0 Å². The summed E-state index contributed by atoms with van der Waals surface area (Å²) < 4.78 is 0. The Morgan fingerprint density at radius 2 is 1.95 bits per heavy atom. The summed E-state index contributed by atoms with van der Waals surface area (Å²) >= 11 is 0. The second kappa shape index (κ2) is 5.42. The van der Waals surface area contributed by atoms with E-state index in [9.17, 15) is 4.79 Å². The molecule has 1 amide bonds. The molecule has 1 saturated carbocycles. The maximum Gasteiger partial charge on any atom is 0.250 e. The molecule has 7 N–H and O–H groups in total. The fourth-order valence-corrected chi connectivity index (χ4v) is 1.91. The van der Waals surface area contributed by atoms with Crippen molar-refractivity contribution < 1.29 is 4.79 Å². The van der Waals surface area contributed by atoms with Crippen LogP contribution in [0.1, 0.15) is 24.0 Å². The van der Waals surface area contributed by atoms with Crippen molar-refractivity contribution in [3.63, 3.8) is 0 Å². The van der Waals surface area contributed by atoms with Gasteiger partial charge < -0.3 is 22.5 Å². The number of carbonyl (C=O) groups is 1. The first kappa shape index (κ1) is 13.6. The van der Waals surface area contributed by atoms with Gasteiger partial charge in [-0.05, 0) is 24.0 Å². The Morgan fingerprint density at radius 1 is 1.32 bits per heavy atom. The molecular formula is C14H20N4O. The van der Waals surface area contributed by atoms with Crippen LogP contribution in [0.2, 0.25) is 0 Å². The predicted octanol–water partition coefficient (Wildman–Crippen LogP) is 0.0519. The summed E-state index contributed by atoms with van der Waals surface area (Å²) in [7, 11) is 0. The summed E-state index contributed by atoms with van der Waals surface area (Å²) in [5, 5.41) is 2.78. The van der Waals surface area contributed by atoms with Crippen molar-refractivity contribution in [3.8, 4) is 0 Å². The van der Waals surface area contributed by atoms with Gasteiger partial charge in [-0.1, -0.05) is 24.3 Å². The van der Waals surface area contributed by atoms with E-state index in [1.807, 2.05) is 24.3 Å². The largest absolute Gasteiger partial charge is 0.404 e. The molecule has 102 valence electrons. The quantitative estimate of drug-likeness (QED) is 0.561. The standard InChI is InChI=1S/C14H20N4O/c15-7-11(8-16)13(19)18-9-10-1-3-12(4-2-10)14(17)5-6-14/h1-4,7H,5-6,8-9,15-17H2,(H,18,19)/b11-7+. The lowest BCUT2D eigenvalue weighted by Gasteiger charge is -2.11. The Bertz CT molecular complexity index is 489. The Hall–Kier alpha value is -1.85. The van der Waals surface area contributed by atoms with E-state index in [0.29, 0.717) is 12.1 Å². The van der Waals surface area contributed by atoms with Gasteiger partial charge in [-0.2, -0.15) is 0 Å². The molecule has 0 saturated heterocycles. The third kappa shape index (κ3) is 3.13. The molecule has 1 aliphatic carbocycles. The monoisotopic (exact) mass is 260 g/mol. The zero-order valence-electron chi connectivity index (χ0n) is 10.9. The van der Waals surface area contributed by atoms with Crippen molar-refractivity contribution in [2.75, 3.05) is 6.54 Å². The van der Waals surface area contributed by atoms with E-state index in [1.54, 1.807) is 0 Å². The van der Waals surface area contributed by atoms with Crippen LogP contribution >= 0.6 is 0 Å². The molecule has 1 aromatic carbocycles. The van der Waals surface area contributed by atoms with Gasteiger partial charge in [0.25, 0.3) is 0 Å². The van der Waals surface area contributed by atoms with Crippen LogP contribution in [0.5, 0.6) is 0 Å². The van der Waals surface area contributed by atoms with Crippen LogP contribution in [0.15, 0.2) is 36.0 Å². The molecule has 0 atom stereocenters. The fraction of sp³-hybridized carbons (Fsp3) is 0.357. The lowest BCUT2D eigenvalue weighted by atomic mass is 10.0. The summed E-state index contributed by atoms with van der Waals surface area (Å²) in [5.41, 5.74) is 19.3. The Kier molecular flexibility index (Phi) is 3.87. The highest BCUT2D eigenvalue weighted by atomic mass is 16.1. The second-order valence-corrected chi connectivity index (χ2v) is 4.93. The van der Waals surface area contributed by atoms with Gasteiger partial charge in [-0.3, -0.25) is 4.79 Å². The fourth-order valence-electron chi connectivity index (χ4n) is 1.91. The van der Waals surface area contributed by atoms with Crippen LogP contribution in [0.25, 0.3) is 0 Å². The smallest absolute Gasteiger partial charge is 0.250 e. The van der Waals surface area contributed by atoms with E-state index in [2.05, 4.69) is 5.32 Å². The van der Waals surface area contributed by atoms with E-state index in [4.69, 9.17) is 17.2 Å². The van der Waals surface area contributed by atoms with Crippen LogP contribution in [0.4, 0.5) is 0 Å². The Balaban J connectivity index is 1.91. The molecule has 0 aliphatic heterocycles. The topological polar surface area (TPSA) is 107 Å². The summed E-state index contributed by atoms with van der Waals surface area (Å²) in [6.45, 7) is 0.588. The van der Waals surface area contributed by atoms with Gasteiger partial charge in [0.2, 0.25) is 5.91 Å². The molecule has 0 heterocycles. The molecule has 5 nitrogen and oxygen atoms in total. The first-order chi connectivity index (χ1) is 9.09. The number of hydrogen-bond donors (Lipinski definition) is 4. The van der Waals surface area contributed by atoms with E-state index >= 15 is 0 Å². The van der Waals surface area contributed by atoms with E-state index in [0.717, 1.165) is 24.0 Å². The molecule has 1 aliphatic rings. The number of amides is 1. The molecule has 0 spiro atoms. The van der Waals surface area contributed by atoms with Gasteiger partial charge in [0.1, 0.15) is 0 Å². The van der Waals surface area contributed by atoms with E-state index in [1.165, 1.54) is 6.20 Å². The lowest BCUT2D eigenvalue weighted by molar-refractivity contribution is -0.117. The predicted molar refractivity (Wildman–Crippen MR) is 74.7 cm³/mol. The van der Waals surface area contributed by atoms with Crippen LogP contribution in [0.3, 0.4) is 0 Å². The van der Waals surface area contributed by atoms with Gasteiger partial charge >= 0.3 is 0 Å². The minimum absolute atomic E-state index is 0.114. The van der Waals surface area contributed by atoms with Gasteiger partial charge in [0, 0.05) is 30.4 Å². The van der Waals surface area contributed by atoms with Crippen molar-refractivity contribution in [2.24, 2.45) is 17.2 Å². The van der Waals surface area contributed by atoms with Gasteiger partial charge in [-0.25, -0.2) is 0 Å². The number of rotatable bonds is 5. The molecule has 0 radical (unpaired) electrons. The van der Waals surface area contributed by atoms with Crippen molar-refractivity contribution >= 4 is 5.91 Å². The average Bonchev–Trinajstić information content (AvgIpc) is 3.17. The molecule has 0 aromatic heterocycles. The van der Waals surface area contributed by atoms with Crippen molar-refractivity contribution in [2.45, 2.75) is 24.9 Å². The van der Waals surface area contributed by atoms with Crippen LogP contribution in [-0.4, -0.2) is 12.5 Å². The first-order valence-corrected chi connectivity index (χ1v) is 6.36. The van der Waals surface area contributed by atoms with Crippen molar-refractivity contribution in [1.29, 1.82) is 0 Å². The summed E-state index contributed by atoms with van der Waals surface area (Å²) in [6, 6.07) is 8.02. The number of hydrogen-bond acceptors (Lipinski definition) is 4. The minimum Gasteiger partial charge on any atom is -0.404 e. The maximum atomic E-state index is 11.7.